The summed E-state index contributed by atoms with van der Waals surface area (Å²) >= 11 is 0. The highest BCUT2D eigenvalue weighted by atomic mass is 16.5. The molecule has 0 spiro atoms. The molecular formula is C41H48N4O7. The molecule has 2 N–H and O–H groups in total. The van der Waals surface area contributed by atoms with Crippen molar-refractivity contribution in [3.63, 3.8) is 0 Å². The molecule has 3 amide bonds. The highest BCUT2D eigenvalue weighted by molar-refractivity contribution is 5.98. The number of nitrogens with zero attached hydrogens (tertiary/aromatic N) is 2. The zero-order valence-electron chi connectivity index (χ0n) is 30.0. The van der Waals surface area contributed by atoms with Gasteiger partial charge in [0, 0.05) is 23.4 Å². The van der Waals surface area contributed by atoms with Crippen LogP contribution in [0.25, 0.3) is 28.2 Å². The van der Waals surface area contributed by atoms with Crippen LogP contribution in [0.3, 0.4) is 0 Å². The van der Waals surface area contributed by atoms with Gasteiger partial charge in [-0.3, -0.25) is 9.59 Å². The molecule has 5 rings (SSSR count). The van der Waals surface area contributed by atoms with Gasteiger partial charge in [0.2, 0.25) is 11.8 Å². The number of benzene rings is 2. The molecule has 1 aromatic heterocycles. The van der Waals surface area contributed by atoms with Crippen LogP contribution in [0.5, 0.6) is 5.75 Å². The van der Waals surface area contributed by atoms with E-state index in [9.17, 15) is 19.2 Å². The van der Waals surface area contributed by atoms with Crippen LogP contribution in [0, 0.1) is 0 Å². The minimum absolute atomic E-state index is 0.0558. The topological polar surface area (TPSA) is 136 Å². The number of hydrogen-bond donors (Lipinski definition) is 2. The number of esters is 1. The fraction of sp³-hybridized carbons (Fsp3) is 0.390. The lowest BCUT2D eigenvalue weighted by molar-refractivity contribution is -0.142. The van der Waals surface area contributed by atoms with E-state index in [2.05, 4.69) is 29.4 Å². The number of pyridine rings is 1. The molecule has 0 aliphatic carbocycles. The minimum atomic E-state index is -1.03. The van der Waals surface area contributed by atoms with Crippen molar-refractivity contribution in [1.82, 2.24) is 20.5 Å². The summed E-state index contributed by atoms with van der Waals surface area (Å²) in [5.41, 5.74) is 3.26. The molecule has 11 nitrogen and oxygen atoms in total. The van der Waals surface area contributed by atoms with Gasteiger partial charge in [0.15, 0.2) is 0 Å². The second-order valence-electron chi connectivity index (χ2n) is 12.9. The molecule has 0 saturated carbocycles. The quantitative estimate of drug-likeness (QED) is 0.140. The van der Waals surface area contributed by atoms with E-state index in [-0.39, 0.29) is 31.9 Å². The summed E-state index contributed by atoms with van der Waals surface area (Å²) in [6.45, 7) is 7.70. The van der Waals surface area contributed by atoms with Gasteiger partial charge in [-0.25, -0.2) is 14.6 Å². The first-order chi connectivity index (χ1) is 25.3. The Balaban J connectivity index is 1.56. The van der Waals surface area contributed by atoms with Gasteiger partial charge in [-0.05, 0) is 62.8 Å². The van der Waals surface area contributed by atoms with E-state index >= 15 is 0 Å². The van der Waals surface area contributed by atoms with Crippen LogP contribution in [0.4, 0.5) is 4.79 Å². The average Bonchev–Trinajstić information content (AvgIpc) is 3.58. The molecule has 0 radical (unpaired) electrons. The Morgan fingerprint density at radius 3 is 2.69 bits per heavy atom. The highest BCUT2D eigenvalue weighted by Crippen LogP contribution is 2.34. The van der Waals surface area contributed by atoms with Crippen LogP contribution in [0.1, 0.15) is 70.8 Å². The Kier molecular flexibility index (Phi) is 13.6. The van der Waals surface area contributed by atoms with Gasteiger partial charge in [0.25, 0.3) is 0 Å². The van der Waals surface area contributed by atoms with Crippen molar-refractivity contribution in [2.24, 2.45) is 0 Å². The zero-order chi connectivity index (χ0) is 36.9. The first-order valence-electron chi connectivity index (χ1n) is 18.2. The summed E-state index contributed by atoms with van der Waals surface area (Å²) < 4.78 is 17.3. The van der Waals surface area contributed by atoms with Gasteiger partial charge in [-0.1, -0.05) is 81.0 Å². The summed E-state index contributed by atoms with van der Waals surface area (Å²) in [7, 11) is 0. The number of carbonyl (C=O) groups excluding carboxylic acids is 4. The van der Waals surface area contributed by atoms with Crippen molar-refractivity contribution in [2.75, 3.05) is 19.8 Å². The second kappa shape index (κ2) is 18.7. The van der Waals surface area contributed by atoms with E-state index in [1.54, 1.807) is 6.92 Å². The molecule has 0 unspecified atom stereocenters. The van der Waals surface area contributed by atoms with Gasteiger partial charge in [-0.15, -0.1) is 0 Å². The van der Waals surface area contributed by atoms with Crippen LogP contribution in [0.2, 0.25) is 0 Å². The number of hydrogen-bond acceptors (Lipinski definition) is 8. The number of aromatic nitrogens is 1. The second-order valence-corrected chi connectivity index (χ2v) is 12.9. The smallest absolute Gasteiger partial charge is 0.407 e. The van der Waals surface area contributed by atoms with Crippen molar-refractivity contribution in [3.05, 3.63) is 90.7 Å². The number of alkyl carbamates (subject to hydrolysis) is 1. The van der Waals surface area contributed by atoms with E-state index < -0.39 is 42.1 Å². The van der Waals surface area contributed by atoms with Gasteiger partial charge >= 0.3 is 12.1 Å². The minimum Gasteiger partial charge on any atom is -0.488 e. The number of unbranched alkanes of at least 4 members (excludes halogenated alkanes) is 1. The molecule has 3 heterocycles. The van der Waals surface area contributed by atoms with Crippen molar-refractivity contribution < 1.29 is 33.4 Å². The molecule has 11 heteroatoms. The van der Waals surface area contributed by atoms with E-state index in [1.807, 2.05) is 61.5 Å². The summed E-state index contributed by atoms with van der Waals surface area (Å²) in [6.07, 6.45) is 10.9. The molecule has 1 fully saturated rings. The summed E-state index contributed by atoms with van der Waals surface area (Å²) in [5, 5.41) is 6.22. The lowest BCUT2D eigenvalue weighted by atomic mass is 10.1. The van der Waals surface area contributed by atoms with Gasteiger partial charge < -0.3 is 29.7 Å². The fourth-order valence-corrected chi connectivity index (χ4v) is 6.40. The van der Waals surface area contributed by atoms with E-state index in [0.717, 1.165) is 53.4 Å². The summed E-state index contributed by atoms with van der Waals surface area (Å²) in [4.78, 5) is 60.3. The zero-order valence-corrected chi connectivity index (χ0v) is 30.0. The van der Waals surface area contributed by atoms with Crippen molar-refractivity contribution in [3.8, 4) is 17.0 Å². The fourth-order valence-electron chi connectivity index (χ4n) is 6.40. The number of allylic oxidation sites excluding steroid dienone is 3. The van der Waals surface area contributed by atoms with Crippen LogP contribution >= 0.6 is 0 Å². The van der Waals surface area contributed by atoms with Crippen LogP contribution in [0.15, 0.2) is 85.1 Å². The summed E-state index contributed by atoms with van der Waals surface area (Å²) in [5.74, 6) is -1.19. The number of rotatable bonds is 9. The SMILES string of the molecule is C=C/C=C(/NC(=O)[C@@H]1C[C@@H]2CN1C(=O)[C@H](CCCC)NC(=O)OCCCCC/C=C/c1ccc3nc(-c4ccccc4)cc(c3c1)O2)C(=O)OCC. The first-order valence-corrected chi connectivity index (χ1v) is 18.2. The van der Waals surface area contributed by atoms with E-state index in [4.69, 9.17) is 19.2 Å². The van der Waals surface area contributed by atoms with Crippen LogP contribution in [-0.2, 0) is 23.9 Å². The molecular weight excluding hydrogens is 660 g/mol. The van der Waals surface area contributed by atoms with E-state index in [0.29, 0.717) is 25.0 Å². The Morgan fingerprint density at radius 2 is 1.92 bits per heavy atom. The Labute approximate surface area is 305 Å². The first kappa shape index (κ1) is 37.8. The molecule has 2 aliphatic rings. The van der Waals surface area contributed by atoms with E-state index in [1.165, 1.54) is 17.1 Å². The summed E-state index contributed by atoms with van der Waals surface area (Å²) in [6, 6.07) is 15.8. The largest absolute Gasteiger partial charge is 0.488 e. The predicted octanol–water partition coefficient (Wildman–Crippen LogP) is 6.87. The number of cyclic esters (lactones) is 1. The maximum absolute atomic E-state index is 14.3. The normalized spacial score (nSPS) is 20.7. The van der Waals surface area contributed by atoms with Gasteiger partial charge in [-0.2, -0.15) is 0 Å². The van der Waals surface area contributed by atoms with Crippen molar-refractivity contribution in [1.29, 1.82) is 0 Å². The van der Waals surface area contributed by atoms with Crippen molar-refractivity contribution in [2.45, 2.75) is 83.4 Å². The number of ether oxygens (including phenoxy) is 3. The molecule has 52 heavy (non-hydrogen) atoms. The van der Waals surface area contributed by atoms with Gasteiger partial charge in [0.1, 0.15) is 29.6 Å². The molecule has 1 saturated heterocycles. The predicted molar refractivity (Wildman–Crippen MR) is 200 cm³/mol. The highest BCUT2D eigenvalue weighted by Gasteiger charge is 2.43. The van der Waals surface area contributed by atoms with Crippen LogP contribution < -0.4 is 15.4 Å². The Bertz CT molecular complexity index is 1810. The maximum atomic E-state index is 14.3. The number of fused-ring (bicyclic) bond motifs is 3. The molecule has 3 aromatic rings. The standard InChI is InChI=1S/C41H48N4O7/c1-4-7-20-33-39(47)45-27-30(25-36(45)38(46)43-34(16-5-2)40(48)50-6-3)52-37-26-35(29-18-13-11-14-19-29)42-32-22-21-28(24-31(32)37)17-12-9-8-10-15-23-51-41(49)44-33/h5,11-14,16-19,21-22,24,26,30,33,36H,2,4,6-10,15,20,23,25,27H2,1,3H3,(H,43,46)(H,44,49)/b17-12+,34-16+/t30-,33+,36+/m1/s1. The third kappa shape index (κ3) is 9.86. The molecule has 3 atom stereocenters. The van der Waals surface area contributed by atoms with Crippen molar-refractivity contribution >= 4 is 40.9 Å². The van der Waals surface area contributed by atoms with Crippen LogP contribution in [-0.4, -0.2) is 71.7 Å². The van der Waals surface area contributed by atoms with Gasteiger partial charge in [0.05, 0.1) is 31.0 Å². The lowest BCUT2D eigenvalue weighted by Crippen LogP contribution is -2.53. The monoisotopic (exact) mass is 708 g/mol. The maximum Gasteiger partial charge on any atom is 0.407 e. The number of nitrogens with one attached hydrogen (secondary N) is 2. The molecule has 4 bridgehead atoms. The molecule has 2 aliphatic heterocycles. The molecule has 274 valence electrons. The lowest BCUT2D eigenvalue weighted by Gasteiger charge is -2.28. The third-order valence-corrected chi connectivity index (χ3v) is 9.04. The number of amides is 3. The Hall–Kier alpha value is -5.45. The molecule has 2 aromatic carbocycles. The Morgan fingerprint density at radius 1 is 1.10 bits per heavy atom. The average molecular weight is 709 g/mol. The number of carbonyl (C=O) groups is 4. The third-order valence-electron chi connectivity index (χ3n) is 9.04.